The zero-order chi connectivity index (χ0) is 17.5. The Kier molecular flexibility index (Phi) is 5.19. The minimum Gasteiger partial charge on any atom is -0.504 e. The Bertz CT molecular complexity index is 930. The van der Waals surface area contributed by atoms with Crippen molar-refractivity contribution in [1.29, 1.82) is 0 Å². The molecule has 0 aliphatic carbocycles. The van der Waals surface area contributed by atoms with Crippen molar-refractivity contribution in [2.75, 3.05) is 0 Å². The average Bonchev–Trinajstić information content (AvgIpc) is 2.67. The fraction of sp³-hybridized carbons (Fsp3) is 0.0435. The maximum absolute atomic E-state index is 10.2. The van der Waals surface area contributed by atoms with E-state index in [1.165, 1.54) is 6.26 Å². The van der Waals surface area contributed by atoms with Crippen LogP contribution in [0.5, 0.6) is 5.75 Å². The molecule has 2 nitrogen and oxygen atoms in total. The van der Waals surface area contributed by atoms with Crippen molar-refractivity contribution in [3.63, 3.8) is 0 Å². The molecule has 122 valence electrons. The molecule has 0 bridgehead atoms. The average molecular weight is 326 g/mol. The SMILES string of the molecule is Cc1ccc(C#Cc2ccccc2)c(O/C=C(\O)c2ccccc2)c1. The summed E-state index contributed by atoms with van der Waals surface area (Å²) in [7, 11) is 0. The minimum absolute atomic E-state index is 0.0732. The van der Waals surface area contributed by atoms with Crippen LogP contribution in [0.25, 0.3) is 5.76 Å². The Morgan fingerprint density at radius 3 is 2.28 bits per heavy atom. The summed E-state index contributed by atoms with van der Waals surface area (Å²) in [6, 6.07) is 24.9. The van der Waals surface area contributed by atoms with E-state index in [9.17, 15) is 5.11 Å². The number of hydrogen-bond donors (Lipinski definition) is 1. The molecule has 0 aliphatic heterocycles. The summed E-state index contributed by atoms with van der Waals surface area (Å²) in [5.41, 5.74) is 3.48. The number of aliphatic hydroxyl groups excluding tert-OH is 1. The molecule has 3 aromatic rings. The Labute approximate surface area is 148 Å². The van der Waals surface area contributed by atoms with Gasteiger partial charge in [-0.2, -0.15) is 0 Å². The molecule has 2 heteroatoms. The van der Waals surface area contributed by atoms with E-state index in [-0.39, 0.29) is 5.76 Å². The van der Waals surface area contributed by atoms with Gasteiger partial charge in [-0.1, -0.05) is 66.4 Å². The van der Waals surface area contributed by atoms with E-state index in [0.717, 1.165) is 16.7 Å². The number of aryl methyl sites for hydroxylation is 1. The smallest absolute Gasteiger partial charge is 0.157 e. The number of hydrogen-bond acceptors (Lipinski definition) is 2. The third-order valence-corrected chi connectivity index (χ3v) is 3.62. The molecule has 0 saturated carbocycles. The van der Waals surface area contributed by atoms with E-state index in [0.29, 0.717) is 11.3 Å². The summed E-state index contributed by atoms with van der Waals surface area (Å²) in [5, 5.41) is 10.2. The van der Waals surface area contributed by atoms with E-state index < -0.39 is 0 Å². The van der Waals surface area contributed by atoms with Crippen LogP contribution in [0, 0.1) is 18.8 Å². The Morgan fingerprint density at radius 2 is 1.56 bits per heavy atom. The fourth-order valence-electron chi connectivity index (χ4n) is 2.29. The quantitative estimate of drug-likeness (QED) is 0.521. The monoisotopic (exact) mass is 326 g/mol. The van der Waals surface area contributed by atoms with Gasteiger partial charge in [-0.25, -0.2) is 0 Å². The van der Waals surface area contributed by atoms with Crippen LogP contribution in [0.1, 0.15) is 22.3 Å². The highest BCUT2D eigenvalue weighted by Crippen LogP contribution is 2.21. The summed E-state index contributed by atoms with van der Waals surface area (Å²) in [6.45, 7) is 1.99. The normalized spacial score (nSPS) is 10.7. The van der Waals surface area contributed by atoms with Gasteiger partial charge in [0.1, 0.15) is 12.0 Å². The predicted molar refractivity (Wildman–Crippen MR) is 101 cm³/mol. The molecule has 0 aliphatic rings. The zero-order valence-electron chi connectivity index (χ0n) is 13.9. The molecular weight excluding hydrogens is 308 g/mol. The maximum Gasteiger partial charge on any atom is 0.157 e. The van der Waals surface area contributed by atoms with Crippen LogP contribution >= 0.6 is 0 Å². The molecule has 0 radical (unpaired) electrons. The van der Waals surface area contributed by atoms with Crippen LogP contribution in [-0.4, -0.2) is 5.11 Å². The lowest BCUT2D eigenvalue weighted by molar-refractivity contribution is 0.438. The number of benzene rings is 3. The Morgan fingerprint density at radius 1 is 0.880 bits per heavy atom. The van der Waals surface area contributed by atoms with Gasteiger partial charge in [0.15, 0.2) is 5.76 Å². The van der Waals surface area contributed by atoms with Crippen LogP contribution in [0.15, 0.2) is 85.1 Å². The first-order valence-electron chi connectivity index (χ1n) is 8.01. The highest BCUT2D eigenvalue weighted by Gasteiger charge is 2.03. The topological polar surface area (TPSA) is 29.5 Å². The van der Waals surface area contributed by atoms with Crippen molar-refractivity contribution in [1.82, 2.24) is 0 Å². The Hall–Kier alpha value is -3.44. The van der Waals surface area contributed by atoms with Gasteiger partial charge in [-0.3, -0.25) is 0 Å². The molecule has 0 amide bonds. The van der Waals surface area contributed by atoms with Gasteiger partial charge in [0.2, 0.25) is 0 Å². The van der Waals surface area contributed by atoms with Crippen molar-refractivity contribution < 1.29 is 9.84 Å². The van der Waals surface area contributed by atoms with Crippen LogP contribution < -0.4 is 4.74 Å². The second-order valence-electron chi connectivity index (χ2n) is 5.60. The molecule has 0 unspecified atom stereocenters. The first kappa shape index (κ1) is 16.4. The summed E-state index contributed by atoms with van der Waals surface area (Å²) in [6.07, 6.45) is 1.35. The van der Waals surface area contributed by atoms with E-state index in [1.54, 1.807) is 0 Å². The van der Waals surface area contributed by atoms with Crippen LogP contribution in [0.4, 0.5) is 0 Å². The third kappa shape index (κ3) is 4.53. The van der Waals surface area contributed by atoms with Gasteiger partial charge < -0.3 is 9.84 Å². The largest absolute Gasteiger partial charge is 0.504 e. The van der Waals surface area contributed by atoms with Gasteiger partial charge >= 0.3 is 0 Å². The van der Waals surface area contributed by atoms with Crippen LogP contribution in [0.2, 0.25) is 0 Å². The second kappa shape index (κ2) is 7.90. The van der Waals surface area contributed by atoms with Crippen molar-refractivity contribution in [3.8, 4) is 17.6 Å². The summed E-state index contributed by atoms with van der Waals surface area (Å²) in [4.78, 5) is 0. The molecule has 0 spiro atoms. The lowest BCUT2D eigenvalue weighted by Crippen LogP contribution is -1.92. The van der Waals surface area contributed by atoms with Gasteiger partial charge in [-0.05, 0) is 36.8 Å². The minimum atomic E-state index is 0.0732. The third-order valence-electron chi connectivity index (χ3n) is 3.62. The number of aliphatic hydroxyl groups is 1. The van der Waals surface area contributed by atoms with Gasteiger partial charge in [0, 0.05) is 11.1 Å². The molecule has 0 heterocycles. The van der Waals surface area contributed by atoms with Crippen molar-refractivity contribution in [3.05, 3.63) is 107 Å². The van der Waals surface area contributed by atoms with Crippen LogP contribution in [0.3, 0.4) is 0 Å². The predicted octanol–water partition coefficient (Wildman–Crippen LogP) is 5.33. The molecule has 3 rings (SSSR count). The lowest BCUT2D eigenvalue weighted by Gasteiger charge is -2.06. The maximum atomic E-state index is 10.2. The molecule has 25 heavy (non-hydrogen) atoms. The van der Waals surface area contributed by atoms with E-state index in [2.05, 4.69) is 11.8 Å². The molecule has 1 N–H and O–H groups in total. The lowest BCUT2D eigenvalue weighted by atomic mass is 10.1. The van der Waals surface area contributed by atoms with Gasteiger partial charge in [0.05, 0.1) is 5.56 Å². The molecule has 0 saturated heterocycles. The van der Waals surface area contributed by atoms with Crippen LogP contribution in [-0.2, 0) is 0 Å². The molecule has 0 aromatic heterocycles. The first-order valence-corrected chi connectivity index (χ1v) is 8.01. The molecule has 3 aromatic carbocycles. The highest BCUT2D eigenvalue weighted by molar-refractivity contribution is 5.58. The first-order chi connectivity index (χ1) is 12.2. The van der Waals surface area contributed by atoms with Gasteiger partial charge in [0.25, 0.3) is 0 Å². The van der Waals surface area contributed by atoms with Gasteiger partial charge in [-0.15, -0.1) is 0 Å². The highest BCUT2D eigenvalue weighted by atomic mass is 16.5. The van der Waals surface area contributed by atoms with Crippen molar-refractivity contribution >= 4 is 5.76 Å². The van der Waals surface area contributed by atoms with Crippen molar-refractivity contribution in [2.24, 2.45) is 0 Å². The summed E-state index contributed by atoms with van der Waals surface area (Å²) < 4.78 is 5.71. The summed E-state index contributed by atoms with van der Waals surface area (Å²) >= 11 is 0. The fourth-order valence-corrected chi connectivity index (χ4v) is 2.29. The van der Waals surface area contributed by atoms with E-state index in [1.807, 2.05) is 85.8 Å². The molecule has 0 fully saturated rings. The second-order valence-corrected chi connectivity index (χ2v) is 5.60. The summed E-state index contributed by atoms with van der Waals surface area (Å²) in [5.74, 6) is 6.95. The molecule has 0 atom stereocenters. The standard InChI is InChI=1S/C23H18O2/c1-18-12-14-21(15-13-19-8-4-2-5-9-19)23(16-18)25-17-22(24)20-10-6-3-7-11-20/h2-12,14,16-17,24H,1H3/b22-17-. The van der Waals surface area contributed by atoms with E-state index in [4.69, 9.17) is 4.74 Å². The number of rotatable bonds is 3. The van der Waals surface area contributed by atoms with Crippen molar-refractivity contribution in [2.45, 2.75) is 6.92 Å². The van der Waals surface area contributed by atoms with E-state index >= 15 is 0 Å². The Balaban J connectivity index is 1.86. The molecular formula is C23H18O2. The number of ether oxygens (including phenoxy) is 1. The zero-order valence-corrected chi connectivity index (χ0v) is 13.9.